The summed E-state index contributed by atoms with van der Waals surface area (Å²) in [5.41, 5.74) is 0.0648. The molecule has 0 saturated carbocycles. The Bertz CT molecular complexity index is 77.3. The fourth-order valence-corrected chi connectivity index (χ4v) is 0. The summed E-state index contributed by atoms with van der Waals surface area (Å²) in [6, 6.07) is 0. The summed E-state index contributed by atoms with van der Waals surface area (Å²) >= 11 is 0. The molecule has 8 heavy (non-hydrogen) atoms. The van der Waals surface area contributed by atoms with E-state index in [1.807, 2.05) is 0 Å². The van der Waals surface area contributed by atoms with Gasteiger partial charge in [0.1, 0.15) is 0 Å². The first kappa shape index (κ1) is 15.6. The largest absolute Gasteiger partial charge is 2.00 e. The maximum atomic E-state index is 9.49. The predicted molar refractivity (Wildman–Crippen MR) is 27.5 cm³/mol. The molecule has 0 saturated heterocycles. The van der Waals surface area contributed by atoms with Crippen LogP contribution in [-0.4, -0.2) is 28.8 Å². The molecule has 0 atom stereocenters. The zero-order valence-corrected chi connectivity index (χ0v) is 5.70. The summed E-state index contributed by atoms with van der Waals surface area (Å²) in [6.45, 7) is 4.48. The van der Waals surface area contributed by atoms with Gasteiger partial charge in [-0.25, -0.2) is 0 Å². The van der Waals surface area contributed by atoms with Crippen molar-refractivity contribution >= 4 is 23.3 Å². The number of carboxylic acids is 1. The number of carbonyl (C=O) groups is 1. The van der Waals surface area contributed by atoms with E-state index in [1.165, 1.54) is 6.92 Å². The van der Waals surface area contributed by atoms with Gasteiger partial charge in [0, 0.05) is 0 Å². The van der Waals surface area contributed by atoms with Gasteiger partial charge in [0.15, 0.2) is 0 Å². The molecule has 1 radical (unpaired) electrons. The van der Waals surface area contributed by atoms with Gasteiger partial charge in [-0.15, -0.1) is 0 Å². The van der Waals surface area contributed by atoms with Gasteiger partial charge in [-0.3, -0.25) is 0 Å². The van der Waals surface area contributed by atoms with Crippen LogP contribution in [0.15, 0.2) is 12.2 Å². The van der Waals surface area contributed by atoms with Gasteiger partial charge in [0.2, 0.25) is 0 Å². The quantitative estimate of drug-likeness (QED) is 0.328. The normalized spacial score (nSPS) is 5.62. The predicted octanol–water partition coefficient (Wildman–Crippen LogP) is -1.25. The maximum absolute atomic E-state index is 9.49. The standard InChI is InChI=1S/C4H6O2.Al.H2O/c1-3(2)4(5)6;;/h1H2,2H3,(H,5,6);;1H2/q;+2;/p-2. The van der Waals surface area contributed by atoms with E-state index >= 15 is 0 Å². The monoisotopic (exact) mass is 129 g/mol. The molecule has 0 aromatic rings. The minimum absolute atomic E-state index is 0. The van der Waals surface area contributed by atoms with E-state index in [-0.39, 0.29) is 28.4 Å². The van der Waals surface area contributed by atoms with E-state index in [4.69, 9.17) is 0 Å². The van der Waals surface area contributed by atoms with E-state index in [0.29, 0.717) is 0 Å². The molecule has 0 amide bonds. The van der Waals surface area contributed by atoms with Crippen molar-refractivity contribution in [3.8, 4) is 0 Å². The molecular formula is C4H6AlO3. The summed E-state index contributed by atoms with van der Waals surface area (Å²) in [7, 11) is 0. The Balaban J connectivity index is -0.000000125. The molecule has 0 aromatic carbocycles. The molecule has 4 heteroatoms. The second-order valence-electron chi connectivity index (χ2n) is 1.07. The minimum Gasteiger partial charge on any atom is -0.870 e. The van der Waals surface area contributed by atoms with E-state index in [1.54, 1.807) is 0 Å². The Hall–Kier alpha value is -0.298. The molecule has 0 heterocycles. The Morgan fingerprint density at radius 3 is 1.75 bits per heavy atom. The summed E-state index contributed by atoms with van der Waals surface area (Å²) < 4.78 is 0. The van der Waals surface area contributed by atoms with Gasteiger partial charge in [-0.1, -0.05) is 6.58 Å². The number of rotatable bonds is 1. The van der Waals surface area contributed by atoms with Crippen molar-refractivity contribution in [3.05, 3.63) is 12.2 Å². The smallest absolute Gasteiger partial charge is 0.870 e. The fourth-order valence-electron chi connectivity index (χ4n) is 0. The molecule has 0 rings (SSSR count). The first-order chi connectivity index (χ1) is 2.64. The van der Waals surface area contributed by atoms with Crippen molar-refractivity contribution in [2.75, 3.05) is 0 Å². The molecule has 0 aliphatic carbocycles. The van der Waals surface area contributed by atoms with Crippen LogP contribution in [0.2, 0.25) is 0 Å². The molecule has 0 aliphatic rings. The minimum atomic E-state index is -1.19. The SMILES string of the molecule is C=C(C)C(=O)[O-].[Al+2].[OH-]. The van der Waals surface area contributed by atoms with Crippen LogP contribution in [0.3, 0.4) is 0 Å². The molecule has 43 valence electrons. The average molecular weight is 129 g/mol. The zero-order chi connectivity index (χ0) is 5.15. The van der Waals surface area contributed by atoms with Crippen LogP contribution in [0.1, 0.15) is 6.92 Å². The molecule has 1 N–H and O–H groups in total. The van der Waals surface area contributed by atoms with Crippen LogP contribution in [0.4, 0.5) is 0 Å². The summed E-state index contributed by atoms with van der Waals surface area (Å²) in [6.07, 6.45) is 0. The number of carboxylic acid groups (broad SMARTS) is 1. The third-order valence-corrected chi connectivity index (χ3v) is 0.348. The van der Waals surface area contributed by atoms with Gasteiger partial charge >= 0.3 is 17.4 Å². The fraction of sp³-hybridized carbons (Fsp3) is 0.250. The molecule has 0 fully saturated rings. The number of aliphatic carboxylic acids is 1. The topological polar surface area (TPSA) is 70.1 Å². The average Bonchev–Trinajstić information content (AvgIpc) is 1.36. The summed E-state index contributed by atoms with van der Waals surface area (Å²) in [5.74, 6) is -1.19. The van der Waals surface area contributed by atoms with Gasteiger partial charge < -0.3 is 15.4 Å². The zero-order valence-electron chi connectivity index (χ0n) is 4.55. The van der Waals surface area contributed by atoms with Crippen LogP contribution < -0.4 is 5.11 Å². The van der Waals surface area contributed by atoms with Crippen LogP contribution in [-0.2, 0) is 4.79 Å². The molecule has 0 aromatic heterocycles. The second kappa shape index (κ2) is 6.70. The molecule has 0 spiro atoms. The third-order valence-electron chi connectivity index (χ3n) is 0.348. The van der Waals surface area contributed by atoms with Crippen LogP contribution in [0.5, 0.6) is 0 Å². The number of hydrogen-bond acceptors (Lipinski definition) is 3. The Labute approximate surface area is 58.5 Å². The first-order valence-corrected chi connectivity index (χ1v) is 1.51. The van der Waals surface area contributed by atoms with Crippen molar-refractivity contribution < 1.29 is 15.4 Å². The molecule has 0 unspecified atom stereocenters. The first-order valence-electron chi connectivity index (χ1n) is 1.51. The van der Waals surface area contributed by atoms with Crippen LogP contribution >= 0.6 is 0 Å². The molecule has 3 nitrogen and oxygen atoms in total. The summed E-state index contributed by atoms with van der Waals surface area (Å²) in [4.78, 5) is 9.49. The van der Waals surface area contributed by atoms with Crippen molar-refractivity contribution in [1.82, 2.24) is 0 Å². The Morgan fingerprint density at radius 2 is 1.75 bits per heavy atom. The van der Waals surface area contributed by atoms with Gasteiger partial charge in [0.25, 0.3) is 0 Å². The van der Waals surface area contributed by atoms with Crippen molar-refractivity contribution in [2.24, 2.45) is 0 Å². The van der Waals surface area contributed by atoms with Gasteiger partial charge in [-0.05, 0) is 12.5 Å². The van der Waals surface area contributed by atoms with E-state index in [9.17, 15) is 9.90 Å². The Morgan fingerprint density at radius 1 is 1.62 bits per heavy atom. The number of carbonyl (C=O) groups excluding carboxylic acids is 1. The van der Waals surface area contributed by atoms with Crippen molar-refractivity contribution in [3.63, 3.8) is 0 Å². The van der Waals surface area contributed by atoms with Gasteiger partial charge in [0.05, 0.1) is 5.97 Å². The van der Waals surface area contributed by atoms with Crippen LogP contribution in [0.25, 0.3) is 0 Å². The van der Waals surface area contributed by atoms with Crippen molar-refractivity contribution in [2.45, 2.75) is 6.92 Å². The second-order valence-corrected chi connectivity index (χ2v) is 1.07. The van der Waals surface area contributed by atoms with E-state index < -0.39 is 5.97 Å². The Kier molecular flexibility index (Phi) is 13.1. The van der Waals surface area contributed by atoms with Crippen LogP contribution in [0, 0.1) is 0 Å². The third kappa shape index (κ3) is 9.20. The van der Waals surface area contributed by atoms with E-state index in [2.05, 4.69) is 6.58 Å². The number of hydrogen-bond donors (Lipinski definition) is 0. The van der Waals surface area contributed by atoms with E-state index in [0.717, 1.165) is 0 Å². The molecule has 0 aliphatic heterocycles. The van der Waals surface area contributed by atoms with Crippen molar-refractivity contribution in [1.29, 1.82) is 0 Å². The molecular weight excluding hydrogens is 123 g/mol. The maximum Gasteiger partial charge on any atom is 2.00 e. The summed E-state index contributed by atoms with van der Waals surface area (Å²) in [5, 5.41) is 9.49. The van der Waals surface area contributed by atoms with Gasteiger partial charge in [-0.2, -0.15) is 0 Å². The molecule has 0 bridgehead atoms.